The van der Waals surface area contributed by atoms with Gasteiger partial charge in [0, 0.05) is 39.3 Å². The summed E-state index contributed by atoms with van der Waals surface area (Å²) in [4.78, 5) is 13.7. The van der Waals surface area contributed by atoms with Gasteiger partial charge in [-0.15, -0.1) is 11.3 Å². The van der Waals surface area contributed by atoms with E-state index in [4.69, 9.17) is 16.6 Å². The molecule has 0 aliphatic rings. The summed E-state index contributed by atoms with van der Waals surface area (Å²) in [5.74, 6) is -0.00499. The van der Waals surface area contributed by atoms with E-state index in [2.05, 4.69) is 35.9 Å². The highest BCUT2D eigenvalue weighted by Gasteiger charge is 2.18. The number of H-pyrrole nitrogens is 1. The zero-order valence-electron chi connectivity index (χ0n) is 17.0. The fourth-order valence-corrected chi connectivity index (χ4v) is 5.06. The van der Waals surface area contributed by atoms with Crippen LogP contribution in [0.15, 0.2) is 67.0 Å². The lowest BCUT2D eigenvalue weighted by Crippen LogP contribution is -1.88. The maximum Gasteiger partial charge on any atom is 0.134 e. The highest BCUT2D eigenvalue weighted by Crippen LogP contribution is 2.39. The van der Waals surface area contributed by atoms with Gasteiger partial charge in [0.2, 0.25) is 0 Å². The number of aromatic amines is 1. The molecular weight excluding hydrogens is 429 g/mol. The zero-order valence-corrected chi connectivity index (χ0v) is 18.6. The second-order valence-electron chi connectivity index (χ2n) is 7.71. The highest BCUT2D eigenvalue weighted by atomic mass is 35.5. The number of fused-ring (bicyclic) bond motifs is 1. The molecule has 5 aromatic rings. The molecule has 0 aliphatic carbocycles. The number of aromatic nitrogens is 3. The van der Waals surface area contributed by atoms with Crippen molar-refractivity contribution in [1.82, 2.24) is 15.0 Å². The lowest BCUT2D eigenvalue weighted by Gasteiger charge is -2.05. The van der Waals surface area contributed by atoms with Gasteiger partial charge in [0.15, 0.2) is 0 Å². The number of halogens is 2. The summed E-state index contributed by atoms with van der Waals surface area (Å²) >= 11 is 7.96. The average molecular weight is 448 g/mol. The number of rotatable bonds is 4. The first-order chi connectivity index (χ1) is 15.0. The van der Waals surface area contributed by atoms with Gasteiger partial charge in [-0.2, -0.15) is 0 Å². The van der Waals surface area contributed by atoms with E-state index in [-0.39, 0.29) is 5.82 Å². The molecule has 0 spiro atoms. The van der Waals surface area contributed by atoms with Crippen molar-refractivity contribution in [3.8, 4) is 33.1 Å². The smallest absolute Gasteiger partial charge is 0.134 e. The Bertz CT molecular complexity index is 1370. The molecule has 0 amide bonds. The van der Waals surface area contributed by atoms with Crippen LogP contribution in [0, 0.1) is 5.82 Å². The van der Waals surface area contributed by atoms with E-state index in [9.17, 15) is 4.39 Å². The summed E-state index contributed by atoms with van der Waals surface area (Å²) in [6.07, 6.45) is 3.60. The maximum absolute atomic E-state index is 14.4. The molecule has 0 unspecified atom stereocenters. The normalized spacial score (nSPS) is 11.5. The van der Waals surface area contributed by atoms with Gasteiger partial charge >= 0.3 is 0 Å². The third-order valence-corrected chi connectivity index (χ3v) is 6.93. The molecule has 6 heteroatoms. The molecular formula is C25H19ClFN3S. The molecule has 0 fully saturated rings. The number of hydrogen-bond donors (Lipinski definition) is 1. The summed E-state index contributed by atoms with van der Waals surface area (Å²) in [7, 11) is 0. The Kier molecular flexibility index (Phi) is 5.08. The van der Waals surface area contributed by atoms with Crippen molar-refractivity contribution in [2.45, 2.75) is 19.8 Å². The summed E-state index contributed by atoms with van der Waals surface area (Å²) in [5.41, 5.74) is 5.00. The topological polar surface area (TPSA) is 41.6 Å². The molecule has 31 heavy (non-hydrogen) atoms. The second kappa shape index (κ2) is 7.91. The van der Waals surface area contributed by atoms with Crippen LogP contribution in [0.25, 0.3) is 44.0 Å². The summed E-state index contributed by atoms with van der Waals surface area (Å²) in [6, 6.07) is 16.8. The van der Waals surface area contributed by atoms with Crippen molar-refractivity contribution in [2.24, 2.45) is 0 Å². The molecule has 154 valence electrons. The van der Waals surface area contributed by atoms with Crippen LogP contribution in [0.4, 0.5) is 4.39 Å². The van der Waals surface area contributed by atoms with E-state index in [0.29, 0.717) is 22.2 Å². The van der Waals surface area contributed by atoms with Crippen LogP contribution in [0.3, 0.4) is 0 Å². The molecule has 2 aromatic carbocycles. The van der Waals surface area contributed by atoms with Gasteiger partial charge in [0.05, 0.1) is 22.0 Å². The Morgan fingerprint density at radius 1 is 1.03 bits per heavy atom. The number of thiazole rings is 1. The molecule has 3 nitrogen and oxygen atoms in total. The second-order valence-corrected chi connectivity index (χ2v) is 9.15. The largest absolute Gasteiger partial charge is 0.354 e. The predicted molar refractivity (Wildman–Crippen MR) is 127 cm³/mol. The van der Waals surface area contributed by atoms with Gasteiger partial charge in [-0.25, -0.2) is 9.37 Å². The standard InChI is InChI=1S/C25H19ClFN3S/c1-14(2)24-23(30-25(31-24)16-5-4-10-28-13-16)15-8-9-20-17(11-15)12-21(29-20)22-18(26)6-3-7-19(22)27/h3-14,29H,1-2H3. The fourth-order valence-electron chi connectivity index (χ4n) is 3.71. The number of pyridine rings is 1. The third kappa shape index (κ3) is 3.64. The van der Waals surface area contributed by atoms with Crippen LogP contribution >= 0.6 is 22.9 Å². The first kappa shape index (κ1) is 19.9. The molecule has 5 rings (SSSR count). The van der Waals surface area contributed by atoms with Crippen molar-refractivity contribution in [1.29, 1.82) is 0 Å². The summed E-state index contributed by atoms with van der Waals surface area (Å²) in [6.45, 7) is 4.36. The molecule has 1 N–H and O–H groups in total. The highest BCUT2D eigenvalue weighted by molar-refractivity contribution is 7.15. The summed E-state index contributed by atoms with van der Waals surface area (Å²) in [5, 5.41) is 2.33. The Morgan fingerprint density at radius 3 is 2.65 bits per heavy atom. The molecule has 3 aromatic heterocycles. The van der Waals surface area contributed by atoms with Gasteiger partial charge in [-0.1, -0.05) is 37.6 Å². The lowest BCUT2D eigenvalue weighted by molar-refractivity contribution is 0.631. The van der Waals surface area contributed by atoms with E-state index in [1.807, 2.05) is 30.5 Å². The monoisotopic (exact) mass is 447 g/mol. The van der Waals surface area contributed by atoms with E-state index in [1.54, 1.807) is 29.7 Å². The number of benzene rings is 2. The predicted octanol–water partition coefficient (Wildman–Crippen LogP) is 7.94. The Morgan fingerprint density at radius 2 is 1.90 bits per heavy atom. The van der Waals surface area contributed by atoms with Crippen molar-refractivity contribution < 1.29 is 4.39 Å². The fraction of sp³-hybridized carbons (Fsp3) is 0.120. The van der Waals surface area contributed by atoms with Gasteiger partial charge in [-0.05, 0) is 48.4 Å². The molecule has 0 bridgehead atoms. The zero-order chi connectivity index (χ0) is 21.5. The van der Waals surface area contributed by atoms with E-state index < -0.39 is 0 Å². The van der Waals surface area contributed by atoms with Crippen LogP contribution < -0.4 is 0 Å². The summed E-state index contributed by atoms with van der Waals surface area (Å²) < 4.78 is 14.4. The minimum Gasteiger partial charge on any atom is -0.354 e. The first-order valence-electron chi connectivity index (χ1n) is 10.00. The van der Waals surface area contributed by atoms with Crippen LogP contribution in [0.1, 0.15) is 24.6 Å². The Hall–Kier alpha value is -3.02. The van der Waals surface area contributed by atoms with Crippen LogP contribution in [0.5, 0.6) is 0 Å². The SMILES string of the molecule is CC(C)c1sc(-c2cccnc2)nc1-c1ccc2[nH]c(-c3c(F)cccc3Cl)cc2c1. The van der Waals surface area contributed by atoms with Gasteiger partial charge in [0.25, 0.3) is 0 Å². The maximum atomic E-state index is 14.4. The first-order valence-corrected chi connectivity index (χ1v) is 11.2. The Labute approximate surface area is 188 Å². The average Bonchev–Trinajstić information content (AvgIpc) is 3.38. The van der Waals surface area contributed by atoms with E-state index in [1.165, 1.54) is 10.9 Å². The molecule has 0 atom stereocenters. The van der Waals surface area contributed by atoms with Crippen LogP contribution in [-0.4, -0.2) is 15.0 Å². The van der Waals surface area contributed by atoms with E-state index >= 15 is 0 Å². The van der Waals surface area contributed by atoms with Gasteiger partial charge in [-0.3, -0.25) is 4.98 Å². The number of nitrogens with one attached hydrogen (secondary N) is 1. The molecule has 0 saturated carbocycles. The van der Waals surface area contributed by atoms with Crippen molar-refractivity contribution in [2.75, 3.05) is 0 Å². The van der Waals surface area contributed by atoms with Gasteiger partial charge in [0.1, 0.15) is 10.8 Å². The quantitative estimate of drug-likeness (QED) is 0.304. The molecule has 0 radical (unpaired) electrons. The number of nitrogens with zero attached hydrogens (tertiary/aromatic N) is 2. The van der Waals surface area contributed by atoms with Crippen molar-refractivity contribution in [3.05, 3.63) is 82.7 Å². The minimum absolute atomic E-state index is 0.340. The molecule has 0 saturated heterocycles. The third-order valence-electron chi connectivity index (χ3n) is 5.21. The number of hydrogen-bond acceptors (Lipinski definition) is 3. The van der Waals surface area contributed by atoms with E-state index in [0.717, 1.165) is 32.7 Å². The van der Waals surface area contributed by atoms with Gasteiger partial charge < -0.3 is 4.98 Å². The molecule has 0 aliphatic heterocycles. The minimum atomic E-state index is -0.345. The van der Waals surface area contributed by atoms with Crippen molar-refractivity contribution >= 4 is 33.8 Å². The van der Waals surface area contributed by atoms with Crippen LogP contribution in [-0.2, 0) is 0 Å². The van der Waals surface area contributed by atoms with Crippen molar-refractivity contribution in [3.63, 3.8) is 0 Å². The Balaban J connectivity index is 1.62. The molecule has 3 heterocycles. The van der Waals surface area contributed by atoms with Crippen LogP contribution in [0.2, 0.25) is 5.02 Å². The lowest BCUT2D eigenvalue weighted by atomic mass is 10.0.